The summed E-state index contributed by atoms with van der Waals surface area (Å²) in [6.45, 7) is 5.53. The fourth-order valence-corrected chi connectivity index (χ4v) is 2.28. The monoisotopic (exact) mass is 296 g/mol. The summed E-state index contributed by atoms with van der Waals surface area (Å²) in [5.41, 5.74) is 1.14. The van der Waals surface area contributed by atoms with Crippen LogP contribution in [0.4, 0.5) is 0 Å². The lowest BCUT2D eigenvalue weighted by Gasteiger charge is -2.26. The molecule has 0 aliphatic rings. The average Bonchev–Trinajstić information content (AvgIpc) is 2.51. The van der Waals surface area contributed by atoms with Gasteiger partial charge in [-0.2, -0.15) is 0 Å². The van der Waals surface area contributed by atoms with Crippen LogP contribution in [0.15, 0.2) is 18.2 Å². The maximum absolute atomic E-state index is 5.51. The molecular formula is C16H28N2O3. The summed E-state index contributed by atoms with van der Waals surface area (Å²) in [4.78, 5) is 2.25. The van der Waals surface area contributed by atoms with Crippen molar-refractivity contribution in [3.8, 4) is 11.5 Å². The quantitative estimate of drug-likeness (QED) is 0.715. The fraction of sp³-hybridized carbons (Fsp3) is 0.625. The van der Waals surface area contributed by atoms with Gasteiger partial charge in [0.25, 0.3) is 0 Å². The molecule has 0 amide bonds. The van der Waals surface area contributed by atoms with Crippen LogP contribution in [0.3, 0.4) is 0 Å². The van der Waals surface area contributed by atoms with Gasteiger partial charge in [0.2, 0.25) is 0 Å². The molecule has 5 nitrogen and oxygen atoms in total. The second-order valence-electron chi connectivity index (χ2n) is 4.97. The van der Waals surface area contributed by atoms with E-state index in [9.17, 15) is 0 Å². The summed E-state index contributed by atoms with van der Waals surface area (Å²) in [5, 5.41) is 3.52. The first-order valence-corrected chi connectivity index (χ1v) is 7.29. The lowest BCUT2D eigenvalue weighted by atomic mass is 10.0. The number of nitrogens with one attached hydrogen (secondary N) is 1. The smallest absolute Gasteiger partial charge is 0.127 e. The molecule has 1 aromatic carbocycles. The Morgan fingerprint density at radius 3 is 2.52 bits per heavy atom. The highest BCUT2D eigenvalue weighted by Gasteiger charge is 2.17. The maximum Gasteiger partial charge on any atom is 0.127 e. The molecule has 0 aliphatic carbocycles. The van der Waals surface area contributed by atoms with Crippen molar-refractivity contribution in [1.82, 2.24) is 10.2 Å². The van der Waals surface area contributed by atoms with E-state index >= 15 is 0 Å². The van der Waals surface area contributed by atoms with Crippen LogP contribution in [0.25, 0.3) is 0 Å². The van der Waals surface area contributed by atoms with Crippen molar-refractivity contribution in [1.29, 1.82) is 0 Å². The highest BCUT2D eigenvalue weighted by molar-refractivity contribution is 5.42. The summed E-state index contributed by atoms with van der Waals surface area (Å²) in [7, 11) is 7.17. The third-order valence-electron chi connectivity index (χ3n) is 3.44. The van der Waals surface area contributed by atoms with Gasteiger partial charge in [0.15, 0.2) is 0 Å². The molecule has 1 N–H and O–H groups in total. The van der Waals surface area contributed by atoms with Crippen molar-refractivity contribution >= 4 is 0 Å². The van der Waals surface area contributed by atoms with Crippen molar-refractivity contribution < 1.29 is 14.2 Å². The van der Waals surface area contributed by atoms with E-state index in [0.29, 0.717) is 0 Å². The topological polar surface area (TPSA) is 43.0 Å². The zero-order chi connectivity index (χ0) is 15.7. The van der Waals surface area contributed by atoms with Crippen LogP contribution in [0, 0.1) is 0 Å². The third kappa shape index (κ3) is 5.53. The van der Waals surface area contributed by atoms with Crippen LogP contribution in [-0.4, -0.2) is 59.5 Å². The van der Waals surface area contributed by atoms with Gasteiger partial charge >= 0.3 is 0 Å². The van der Waals surface area contributed by atoms with Crippen LogP contribution in [0.2, 0.25) is 0 Å². The number of benzene rings is 1. The van der Waals surface area contributed by atoms with E-state index in [4.69, 9.17) is 14.2 Å². The van der Waals surface area contributed by atoms with E-state index in [1.165, 1.54) is 0 Å². The number of ether oxygens (including phenoxy) is 3. The van der Waals surface area contributed by atoms with Gasteiger partial charge in [-0.15, -0.1) is 0 Å². The maximum atomic E-state index is 5.51. The second kappa shape index (κ2) is 9.60. The molecule has 0 aromatic heterocycles. The highest BCUT2D eigenvalue weighted by atomic mass is 16.5. The van der Waals surface area contributed by atoms with Gasteiger partial charge in [0.1, 0.15) is 11.5 Å². The van der Waals surface area contributed by atoms with E-state index < -0.39 is 0 Å². The minimum atomic E-state index is 0.206. The van der Waals surface area contributed by atoms with Crippen LogP contribution < -0.4 is 14.8 Å². The predicted octanol–water partition coefficient (Wildman–Crippen LogP) is 1.93. The summed E-state index contributed by atoms with van der Waals surface area (Å²) in [6.07, 6.45) is 0. The van der Waals surface area contributed by atoms with Crippen LogP contribution in [0.1, 0.15) is 18.5 Å². The lowest BCUT2D eigenvalue weighted by molar-refractivity contribution is 0.155. The molecular weight excluding hydrogens is 268 g/mol. The largest absolute Gasteiger partial charge is 0.497 e. The minimum absolute atomic E-state index is 0.206. The van der Waals surface area contributed by atoms with Gasteiger partial charge in [-0.1, -0.05) is 13.0 Å². The summed E-state index contributed by atoms with van der Waals surface area (Å²) in [6, 6.07) is 6.17. The molecule has 0 saturated carbocycles. The molecule has 0 bridgehead atoms. The Kier molecular flexibility index (Phi) is 8.12. The molecule has 1 aromatic rings. The molecule has 0 spiro atoms. The zero-order valence-electron chi connectivity index (χ0n) is 13.8. The van der Waals surface area contributed by atoms with E-state index in [2.05, 4.69) is 30.3 Å². The first-order chi connectivity index (χ1) is 10.2. The fourth-order valence-electron chi connectivity index (χ4n) is 2.28. The summed E-state index contributed by atoms with van der Waals surface area (Å²) < 4.78 is 15.9. The number of nitrogens with zero attached hydrogens (tertiary/aromatic N) is 1. The Morgan fingerprint density at radius 2 is 1.95 bits per heavy atom. The standard InChI is InChI=1S/C16H28N2O3/c1-6-17-15(12-18(2)9-10-19-3)14-8-7-13(20-4)11-16(14)21-5/h7-8,11,15,17H,6,9-10,12H2,1-5H3. The normalized spacial score (nSPS) is 12.5. The van der Waals surface area contributed by atoms with E-state index in [-0.39, 0.29) is 6.04 Å². The number of hydrogen-bond donors (Lipinski definition) is 1. The molecule has 0 radical (unpaired) electrons. The van der Waals surface area contributed by atoms with Gasteiger partial charge in [0.05, 0.1) is 20.8 Å². The van der Waals surface area contributed by atoms with Gasteiger partial charge in [-0.25, -0.2) is 0 Å². The Hall–Kier alpha value is -1.30. The number of rotatable bonds is 10. The van der Waals surface area contributed by atoms with Gasteiger partial charge in [0, 0.05) is 37.9 Å². The second-order valence-corrected chi connectivity index (χ2v) is 4.97. The lowest BCUT2D eigenvalue weighted by Crippen LogP contribution is -2.34. The molecule has 1 unspecified atom stereocenters. The summed E-state index contributed by atoms with van der Waals surface area (Å²) in [5.74, 6) is 1.65. The molecule has 0 fully saturated rings. The first kappa shape index (κ1) is 17.8. The van der Waals surface area contributed by atoms with Crippen molar-refractivity contribution in [2.24, 2.45) is 0 Å². The van der Waals surface area contributed by atoms with Gasteiger partial charge < -0.3 is 24.4 Å². The van der Waals surface area contributed by atoms with Crippen LogP contribution in [0.5, 0.6) is 11.5 Å². The summed E-state index contributed by atoms with van der Waals surface area (Å²) >= 11 is 0. The minimum Gasteiger partial charge on any atom is -0.497 e. The van der Waals surface area contributed by atoms with Gasteiger partial charge in [-0.3, -0.25) is 0 Å². The Bertz CT molecular complexity index is 413. The molecule has 5 heteroatoms. The SMILES string of the molecule is CCNC(CN(C)CCOC)c1ccc(OC)cc1OC. The van der Waals surface area contributed by atoms with Crippen molar-refractivity contribution in [3.63, 3.8) is 0 Å². The van der Waals surface area contributed by atoms with E-state index in [1.807, 2.05) is 12.1 Å². The zero-order valence-corrected chi connectivity index (χ0v) is 13.8. The number of likely N-dealkylation sites (N-methyl/N-ethyl adjacent to an activating group) is 2. The van der Waals surface area contributed by atoms with Crippen molar-refractivity contribution in [2.75, 3.05) is 54.6 Å². The van der Waals surface area contributed by atoms with E-state index in [1.54, 1.807) is 21.3 Å². The number of hydrogen-bond acceptors (Lipinski definition) is 5. The Balaban J connectivity index is 2.88. The molecule has 21 heavy (non-hydrogen) atoms. The Labute approximate surface area is 128 Å². The number of methoxy groups -OCH3 is 3. The van der Waals surface area contributed by atoms with Gasteiger partial charge in [-0.05, 0) is 19.7 Å². The molecule has 0 saturated heterocycles. The van der Waals surface area contributed by atoms with Crippen molar-refractivity contribution in [2.45, 2.75) is 13.0 Å². The molecule has 0 heterocycles. The average molecular weight is 296 g/mol. The predicted molar refractivity (Wildman–Crippen MR) is 85.3 cm³/mol. The first-order valence-electron chi connectivity index (χ1n) is 7.29. The molecule has 1 atom stereocenters. The highest BCUT2D eigenvalue weighted by Crippen LogP contribution is 2.29. The van der Waals surface area contributed by atoms with Crippen LogP contribution in [-0.2, 0) is 4.74 Å². The third-order valence-corrected chi connectivity index (χ3v) is 3.44. The molecule has 0 aliphatic heterocycles. The molecule has 1 rings (SSSR count). The van der Waals surface area contributed by atoms with Crippen molar-refractivity contribution in [3.05, 3.63) is 23.8 Å². The van der Waals surface area contributed by atoms with Crippen LogP contribution >= 0.6 is 0 Å². The van der Waals surface area contributed by atoms with E-state index in [0.717, 1.165) is 43.3 Å². The molecule has 120 valence electrons. The Morgan fingerprint density at radius 1 is 1.19 bits per heavy atom.